The summed E-state index contributed by atoms with van der Waals surface area (Å²) in [5.41, 5.74) is 2.40. The first-order valence-electron chi connectivity index (χ1n) is 7.10. The summed E-state index contributed by atoms with van der Waals surface area (Å²) >= 11 is 0. The number of fused-ring (bicyclic) bond motifs is 2. The molecule has 0 saturated carbocycles. The van der Waals surface area contributed by atoms with Gasteiger partial charge in [-0.3, -0.25) is 14.4 Å². The Balaban J connectivity index is 1.79. The van der Waals surface area contributed by atoms with Crippen LogP contribution in [-0.2, 0) is 24.8 Å². The molecule has 2 aliphatic rings. The molecule has 0 radical (unpaired) electrons. The molecule has 0 aromatic carbocycles. The van der Waals surface area contributed by atoms with Crippen LogP contribution in [-0.4, -0.2) is 37.8 Å². The summed E-state index contributed by atoms with van der Waals surface area (Å²) in [7, 11) is 1.95. The molecule has 3 atom stereocenters. The van der Waals surface area contributed by atoms with Gasteiger partial charge in [-0.25, -0.2) is 0 Å². The Kier molecular flexibility index (Phi) is 3.09. The third-order valence-corrected chi connectivity index (χ3v) is 4.68. The predicted molar refractivity (Wildman–Crippen MR) is 70.7 cm³/mol. The molecule has 0 amide bonds. The fourth-order valence-electron chi connectivity index (χ4n) is 3.82. The van der Waals surface area contributed by atoms with Crippen molar-refractivity contribution < 1.29 is 9.90 Å². The molecule has 0 aliphatic carbocycles. The molecule has 1 N–H and O–H groups in total. The summed E-state index contributed by atoms with van der Waals surface area (Å²) < 4.78 is 1.86. The highest BCUT2D eigenvalue weighted by molar-refractivity contribution is 5.71. The van der Waals surface area contributed by atoms with Crippen LogP contribution >= 0.6 is 0 Å². The zero-order valence-electron chi connectivity index (χ0n) is 11.5. The maximum atomic E-state index is 11.3. The molecular formula is C14H21N3O2. The van der Waals surface area contributed by atoms with Gasteiger partial charge >= 0.3 is 5.97 Å². The first kappa shape index (κ1) is 12.7. The fraction of sp³-hybridized carbons (Fsp3) is 0.714. The minimum atomic E-state index is -0.626. The zero-order chi connectivity index (χ0) is 13.6. The molecule has 2 aliphatic heterocycles. The van der Waals surface area contributed by atoms with E-state index in [2.05, 4.69) is 23.1 Å². The van der Waals surface area contributed by atoms with Crippen LogP contribution in [0, 0.1) is 5.92 Å². The van der Waals surface area contributed by atoms with E-state index >= 15 is 0 Å². The van der Waals surface area contributed by atoms with Gasteiger partial charge in [0.2, 0.25) is 0 Å². The molecule has 104 valence electrons. The van der Waals surface area contributed by atoms with Crippen molar-refractivity contribution >= 4 is 5.97 Å². The number of aromatic nitrogens is 2. The lowest BCUT2D eigenvalue weighted by molar-refractivity contribution is -0.142. The first-order chi connectivity index (χ1) is 9.10. The summed E-state index contributed by atoms with van der Waals surface area (Å²) in [5, 5.41) is 13.8. The normalized spacial score (nSPS) is 30.1. The number of hydrogen-bond donors (Lipinski definition) is 1. The van der Waals surface area contributed by atoms with E-state index in [0.29, 0.717) is 6.04 Å². The van der Waals surface area contributed by atoms with E-state index < -0.39 is 5.97 Å². The number of carboxylic acid groups (broad SMARTS) is 1. The van der Waals surface area contributed by atoms with Gasteiger partial charge in [-0.2, -0.15) is 5.10 Å². The van der Waals surface area contributed by atoms with Crippen molar-refractivity contribution in [3.63, 3.8) is 0 Å². The van der Waals surface area contributed by atoms with Gasteiger partial charge in [0.1, 0.15) is 0 Å². The van der Waals surface area contributed by atoms with E-state index in [-0.39, 0.29) is 12.0 Å². The van der Waals surface area contributed by atoms with E-state index in [0.717, 1.165) is 37.9 Å². The Labute approximate surface area is 113 Å². The summed E-state index contributed by atoms with van der Waals surface area (Å²) in [6.07, 6.45) is 6.01. The van der Waals surface area contributed by atoms with Crippen molar-refractivity contribution in [3.05, 3.63) is 17.5 Å². The molecule has 5 nitrogen and oxygen atoms in total. The summed E-state index contributed by atoms with van der Waals surface area (Å²) in [6.45, 7) is 2.97. The summed E-state index contributed by atoms with van der Waals surface area (Å²) in [4.78, 5) is 13.7. The van der Waals surface area contributed by atoms with Gasteiger partial charge in [0.25, 0.3) is 0 Å². The van der Waals surface area contributed by atoms with Gasteiger partial charge in [-0.1, -0.05) is 6.92 Å². The molecule has 2 saturated heterocycles. The Hall–Kier alpha value is -1.36. The quantitative estimate of drug-likeness (QED) is 0.892. The number of hydrogen-bond acceptors (Lipinski definition) is 3. The molecule has 1 aromatic rings. The van der Waals surface area contributed by atoms with Crippen LogP contribution in [0.4, 0.5) is 0 Å². The van der Waals surface area contributed by atoms with Crippen LogP contribution < -0.4 is 0 Å². The summed E-state index contributed by atoms with van der Waals surface area (Å²) in [6, 6.07) is 0.684. The minimum absolute atomic E-state index is 0.166. The van der Waals surface area contributed by atoms with Gasteiger partial charge in [0.15, 0.2) is 0 Å². The summed E-state index contributed by atoms with van der Waals surface area (Å²) in [5.74, 6) is -0.792. The predicted octanol–water partition coefficient (Wildman–Crippen LogP) is 1.42. The van der Waals surface area contributed by atoms with Crippen molar-refractivity contribution in [3.8, 4) is 0 Å². The average Bonchev–Trinajstić information content (AvgIpc) is 3.03. The second-order valence-corrected chi connectivity index (χ2v) is 5.78. The van der Waals surface area contributed by atoms with Crippen LogP contribution in [0.25, 0.3) is 0 Å². The highest BCUT2D eigenvalue weighted by Crippen LogP contribution is 2.42. The van der Waals surface area contributed by atoms with Gasteiger partial charge < -0.3 is 5.11 Å². The topological polar surface area (TPSA) is 58.4 Å². The first-order valence-corrected chi connectivity index (χ1v) is 7.10. The van der Waals surface area contributed by atoms with Crippen LogP contribution in [0.1, 0.15) is 37.4 Å². The smallest absolute Gasteiger partial charge is 0.308 e. The monoisotopic (exact) mass is 263 g/mol. The standard InChI is InChI=1S/C14H21N3O2/c1-3-12-9(7-16(2)15-12)8-17-10-4-5-13(17)11(6-10)14(18)19/h7,10-11,13H,3-6,8H2,1-2H3,(H,18,19). The van der Waals surface area contributed by atoms with Gasteiger partial charge in [0.05, 0.1) is 11.6 Å². The molecule has 5 heteroatoms. The van der Waals surface area contributed by atoms with E-state index in [1.807, 2.05) is 11.7 Å². The van der Waals surface area contributed by atoms with Gasteiger partial charge in [-0.05, 0) is 25.7 Å². The van der Waals surface area contributed by atoms with E-state index in [9.17, 15) is 9.90 Å². The van der Waals surface area contributed by atoms with Crippen molar-refractivity contribution in [1.82, 2.24) is 14.7 Å². The molecular weight excluding hydrogens is 242 g/mol. The maximum Gasteiger partial charge on any atom is 0.308 e. The second kappa shape index (κ2) is 4.63. The van der Waals surface area contributed by atoms with Crippen LogP contribution in [0.15, 0.2) is 6.20 Å². The molecule has 3 heterocycles. The molecule has 2 bridgehead atoms. The Bertz CT molecular complexity index is 497. The number of aliphatic carboxylic acids is 1. The van der Waals surface area contributed by atoms with E-state index in [4.69, 9.17) is 0 Å². The molecule has 2 fully saturated rings. The molecule has 1 aromatic heterocycles. The Morgan fingerprint density at radius 2 is 2.32 bits per heavy atom. The number of carboxylic acids is 1. The Morgan fingerprint density at radius 1 is 1.53 bits per heavy atom. The van der Waals surface area contributed by atoms with Crippen molar-refractivity contribution in [2.45, 2.75) is 51.2 Å². The van der Waals surface area contributed by atoms with Crippen LogP contribution in [0.5, 0.6) is 0 Å². The lowest BCUT2D eigenvalue weighted by Gasteiger charge is -2.22. The van der Waals surface area contributed by atoms with E-state index in [1.165, 1.54) is 5.56 Å². The van der Waals surface area contributed by atoms with Crippen LogP contribution in [0.3, 0.4) is 0 Å². The second-order valence-electron chi connectivity index (χ2n) is 5.78. The molecule has 3 rings (SSSR count). The Morgan fingerprint density at radius 3 is 2.95 bits per heavy atom. The largest absolute Gasteiger partial charge is 0.481 e. The molecule has 0 spiro atoms. The highest BCUT2D eigenvalue weighted by atomic mass is 16.4. The third-order valence-electron chi connectivity index (χ3n) is 4.68. The molecule has 19 heavy (non-hydrogen) atoms. The van der Waals surface area contributed by atoms with Gasteiger partial charge in [0, 0.05) is 37.4 Å². The average molecular weight is 263 g/mol. The van der Waals surface area contributed by atoms with Crippen LogP contribution in [0.2, 0.25) is 0 Å². The van der Waals surface area contributed by atoms with Crippen molar-refractivity contribution in [1.29, 1.82) is 0 Å². The minimum Gasteiger partial charge on any atom is -0.481 e. The van der Waals surface area contributed by atoms with Crippen molar-refractivity contribution in [2.24, 2.45) is 13.0 Å². The number of carbonyl (C=O) groups is 1. The van der Waals surface area contributed by atoms with E-state index in [1.54, 1.807) is 0 Å². The fourth-order valence-corrected chi connectivity index (χ4v) is 3.82. The van der Waals surface area contributed by atoms with Crippen molar-refractivity contribution in [2.75, 3.05) is 0 Å². The lowest BCUT2D eigenvalue weighted by Crippen LogP contribution is -2.32. The lowest BCUT2D eigenvalue weighted by atomic mass is 9.89. The number of rotatable bonds is 4. The highest BCUT2D eigenvalue weighted by Gasteiger charge is 2.49. The zero-order valence-corrected chi connectivity index (χ0v) is 11.5. The number of aryl methyl sites for hydroxylation is 2. The molecule has 3 unspecified atom stereocenters. The third kappa shape index (κ3) is 2.06. The SMILES string of the molecule is CCc1nn(C)cc1CN1C2CCC1C(C(=O)O)C2. The number of nitrogens with zero attached hydrogens (tertiary/aromatic N) is 3. The van der Waals surface area contributed by atoms with Gasteiger partial charge in [-0.15, -0.1) is 0 Å². The maximum absolute atomic E-state index is 11.3.